The summed E-state index contributed by atoms with van der Waals surface area (Å²) in [4.78, 5) is 40.9. The molecule has 9 heteroatoms. The monoisotopic (exact) mass is 481 g/mol. The number of rotatable bonds is 4. The largest absolute Gasteiger partial charge is 0.324 e. The number of hydrogen-bond acceptors (Lipinski definition) is 4. The van der Waals surface area contributed by atoms with Gasteiger partial charge in [0.05, 0.1) is 11.4 Å². The first kappa shape index (κ1) is 21.5. The molecule has 0 bridgehead atoms. The van der Waals surface area contributed by atoms with E-state index in [1.165, 1.54) is 39.8 Å². The van der Waals surface area contributed by atoms with Crippen molar-refractivity contribution in [1.82, 2.24) is 0 Å². The molecule has 0 aliphatic carbocycles. The fraction of sp³-hybridized carbons (Fsp3) is 0.125. The fourth-order valence-corrected chi connectivity index (χ4v) is 5.79. The van der Waals surface area contributed by atoms with E-state index < -0.39 is 22.5 Å². The van der Waals surface area contributed by atoms with Gasteiger partial charge in [-0.2, -0.15) is 0 Å². The molecule has 33 heavy (non-hydrogen) atoms. The van der Waals surface area contributed by atoms with Crippen LogP contribution in [-0.4, -0.2) is 30.0 Å². The molecule has 1 unspecified atom stereocenters. The minimum Gasteiger partial charge on any atom is -0.324 e. The van der Waals surface area contributed by atoms with Crippen LogP contribution in [0, 0.1) is 5.82 Å². The van der Waals surface area contributed by atoms with E-state index in [9.17, 15) is 18.8 Å². The molecule has 2 heterocycles. The van der Waals surface area contributed by atoms with Gasteiger partial charge in [-0.05, 0) is 42.5 Å². The Bertz CT molecular complexity index is 1300. The number of thioether (sulfide) groups is 1. The molecule has 2 aliphatic heterocycles. The van der Waals surface area contributed by atoms with Crippen molar-refractivity contribution in [3.8, 4) is 0 Å². The Kier molecular flexibility index (Phi) is 5.34. The Hall–Kier alpha value is -3.36. The Labute approximate surface area is 198 Å². The summed E-state index contributed by atoms with van der Waals surface area (Å²) in [5.74, 6) is -1.60. The highest BCUT2D eigenvalue weighted by atomic mass is 35.5. The molecule has 3 amide bonds. The van der Waals surface area contributed by atoms with E-state index >= 15 is 0 Å². The van der Waals surface area contributed by atoms with Crippen molar-refractivity contribution in [3.63, 3.8) is 0 Å². The first-order valence-electron chi connectivity index (χ1n) is 10.1. The van der Waals surface area contributed by atoms with Crippen molar-refractivity contribution in [2.45, 2.75) is 4.87 Å². The molecule has 1 saturated heterocycles. The highest BCUT2D eigenvalue weighted by Crippen LogP contribution is 2.55. The topological polar surface area (TPSA) is 69.7 Å². The Balaban J connectivity index is 1.52. The summed E-state index contributed by atoms with van der Waals surface area (Å²) in [6, 6.07) is 19.3. The molecule has 1 atom stereocenters. The molecular formula is C24H17ClFN3O3S. The normalized spacial score (nSPS) is 19.3. The molecule has 1 N–H and O–H groups in total. The van der Waals surface area contributed by atoms with E-state index in [2.05, 4.69) is 5.32 Å². The molecule has 0 aromatic heterocycles. The predicted octanol–water partition coefficient (Wildman–Crippen LogP) is 4.40. The lowest BCUT2D eigenvalue weighted by Crippen LogP contribution is -2.50. The standard InChI is InChI=1S/C24H17ClFN3O3S/c25-15-5-3-7-17(11-15)27-21(30)13-28-20-10-2-1-9-19(20)24(23(28)32)29(22(31)14-33-24)18-8-4-6-16(26)12-18/h1-12H,13-14H2,(H,27,30). The van der Waals surface area contributed by atoms with E-state index in [0.717, 1.165) is 0 Å². The molecule has 3 aromatic carbocycles. The van der Waals surface area contributed by atoms with E-state index in [1.807, 2.05) is 0 Å². The second kappa shape index (κ2) is 8.20. The van der Waals surface area contributed by atoms with Crippen LogP contribution in [-0.2, 0) is 19.3 Å². The van der Waals surface area contributed by atoms with Crippen LogP contribution in [0.3, 0.4) is 0 Å². The van der Waals surface area contributed by atoms with Crippen LogP contribution in [0.4, 0.5) is 21.5 Å². The predicted molar refractivity (Wildman–Crippen MR) is 127 cm³/mol. The SMILES string of the molecule is O=C(CN1C(=O)C2(SCC(=O)N2c2cccc(F)c2)c2ccccc21)Nc1cccc(Cl)c1. The summed E-state index contributed by atoms with van der Waals surface area (Å²) in [5, 5.41) is 3.22. The summed E-state index contributed by atoms with van der Waals surface area (Å²) >= 11 is 7.16. The number of nitrogens with one attached hydrogen (secondary N) is 1. The van der Waals surface area contributed by atoms with Gasteiger partial charge < -0.3 is 5.32 Å². The van der Waals surface area contributed by atoms with Crippen LogP contribution in [0.1, 0.15) is 5.56 Å². The first-order valence-corrected chi connectivity index (χ1v) is 11.5. The molecule has 166 valence electrons. The zero-order valence-electron chi connectivity index (χ0n) is 17.1. The van der Waals surface area contributed by atoms with Gasteiger partial charge in [0, 0.05) is 22.0 Å². The van der Waals surface area contributed by atoms with Crippen LogP contribution < -0.4 is 15.1 Å². The molecular weight excluding hydrogens is 465 g/mol. The Morgan fingerprint density at radius 1 is 1.06 bits per heavy atom. The number of benzene rings is 3. The minimum absolute atomic E-state index is 0.0547. The summed E-state index contributed by atoms with van der Waals surface area (Å²) < 4.78 is 14.0. The molecule has 3 aromatic rings. The average Bonchev–Trinajstić information content (AvgIpc) is 3.25. The van der Waals surface area contributed by atoms with E-state index in [1.54, 1.807) is 54.6 Å². The summed E-state index contributed by atoms with van der Waals surface area (Å²) in [6.07, 6.45) is 0. The second-order valence-electron chi connectivity index (χ2n) is 7.61. The van der Waals surface area contributed by atoms with Gasteiger partial charge >= 0.3 is 0 Å². The number of amides is 3. The second-order valence-corrected chi connectivity index (χ2v) is 9.21. The van der Waals surface area contributed by atoms with Crippen molar-refractivity contribution < 1.29 is 18.8 Å². The number of fused-ring (bicyclic) bond motifs is 2. The molecule has 2 aliphatic rings. The van der Waals surface area contributed by atoms with Crippen molar-refractivity contribution in [3.05, 3.63) is 89.2 Å². The van der Waals surface area contributed by atoms with E-state index in [-0.39, 0.29) is 18.2 Å². The number of carbonyl (C=O) groups is 3. The van der Waals surface area contributed by atoms with Crippen LogP contribution in [0.25, 0.3) is 0 Å². The first-order chi connectivity index (χ1) is 15.9. The van der Waals surface area contributed by atoms with Crippen LogP contribution in [0.15, 0.2) is 72.8 Å². The third kappa shape index (κ3) is 3.55. The lowest BCUT2D eigenvalue weighted by Gasteiger charge is -2.33. The number of halogens is 2. The lowest BCUT2D eigenvalue weighted by atomic mass is 10.0. The van der Waals surface area contributed by atoms with Gasteiger partial charge in [0.15, 0.2) is 0 Å². The number of carbonyl (C=O) groups excluding carboxylic acids is 3. The maximum Gasteiger partial charge on any atom is 0.269 e. The third-order valence-electron chi connectivity index (χ3n) is 5.54. The summed E-state index contributed by atoms with van der Waals surface area (Å²) in [7, 11) is 0. The third-order valence-corrected chi connectivity index (χ3v) is 7.16. The number of hydrogen-bond donors (Lipinski definition) is 1. The molecule has 0 saturated carbocycles. The molecule has 1 fully saturated rings. The number of para-hydroxylation sites is 1. The van der Waals surface area contributed by atoms with Crippen molar-refractivity contribution >= 4 is 58.1 Å². The minimum atomic E-state index is -1.40. The number of nitrogens with zero attached hydrogens (tertiary/aromatic N) is 2. The van der Waals surface area contributed by atoms with E-state index in [4.69, 9.17) is 11.6 Å². The fourth-order valence-electron chi connectivity index (χ4n) is 4.24. The molecule has 6 nitrogen and oxygen atoms in total. The van der Waals surface area contributed by atoms with Gasteiger partial charge in [-0.25, -0.2) is 4.39 Å². The lowest BCUT2D eigenvalue weighted by molar-refractivity contribution is -0.124. The van der Waals surface area contributed by atoms with Gasteiger partial charge in [-0.1, -0.05) is 41.9 Å². The van der Waals surface area contributed by atoms with Crippen molar-refractivity contribution in [2.24, 2.45) is 0 Å². The molecule has 0 radical (unpaired) electrons. The van der Waals surface area contributed by atoms with Gasteiger partial charge in [0.1, 0.15) is 12.4 Å². The van der Waals surface area contributed by atoms with Gasteiger partial charge in [-0.3, -0.25) is 24.2 Å². The maximum absolute atomic E-state index is 14.0. The average molecular weight is 482 g/mol. The molecule has 5 rings (SSSR count). The smallest absolute Gasteiger partial charge is 0.269 e. The van der Waals surface area contributed by atoms with Gasteiger partial charge in [0.2, 0.25) is 16.7 Å². The molecule has 1 spiro atoms. The summed E-state index contributed by atoms with van der Waals surface area (Å²) in [6.45, 7) is -0.254. The Morgan fingerprint density at radius 2 is 1.85 bits per heavy atom. The maximum atomic E-state index is 14.0. The van der Waals surface area contributed by atoms with Gasteiger partial charge in [-0.15, -0.1) is 11.8 Å². The van der Waals surface area contributed by atoms with Crippen LogP contribution in [0.5, 0.6) is 0 Å². The van der Waals surface area contributed by atoms with E-state index in [0.29, 0.717) is 27.6 Å². The van der Waals surface area contributed by atoms with Gasteiger partial charge in [0.25, 0.3) is 5.91 Å². The van der Waals surface area contributed by atoms with Crippen LogP contribution in [0.2, 0.25) is 5.02 Å². The quantitative estimate of drug-likeness (QED) is 0.599. The highest BCUT2D eigenvalue weighted by molar-refractivity contribution is 8.02. The van der Waals surface area contributed by atoms with Crippen molar-refractivity contribution in [2.75, 3.05) is 27.4 Å². The van der Waals surface area contributed by atoms with Crippen molar-refractivity contribution in [1.29, 1.82) is 0 Å². The Morgan fingerprint density at radius 3 is 2.64 bits per heavy atom. The summed E-state index contributed by atoms with van der Waals surface area (Å²) in [5.41, 5.74) is 1.92. The number of anilines is 3. The highest BCUT2D eigenvalue weighted by Gasteiger charge is 2.61. The zero-order valence-corrected chi connectivity index (χ0v) is 18.7. The zero-order chi connectivity index (χ0) is 23.2. The van der Waals surface area contributed by atoms with Crippen LogP contribution >= 0.6 is 23.4 Å².